The molecule has 110 valence electrons. The SMILES string of the molecule is CCCOC1CCCN(c2c(F)cc(C=O)cc2F)C1. The lowest BCUT2D eigenvalue weighted by atomic mass is 10.1. The molecule has 1 fully saturated rings. The second-order valence-corrected chi connectivity index (χ2v) is 5.03. The normalized spacial score (nSPS) is 19.1. The second kappa shape index (κ2) is 6.79. The van der Waals surface area contributed by atoms with Crippen molar-refractivity contribution in [3.8, 4) is 0 Å². The van der Waals surface area contributed by atoms with E-state index >= 15 is 0 Å². The molecule has 20 heavy (non-hydrogen) atoms. The molecule has 1 aromatic rings. The summed E-state index contributed by atoms with van der Waals surface area (Å²) in [5, 5.41) is 0. The first kappa shape index (κ1) is 14.9. The predicted molar refractivity (Wildman–Crippen MR) is 73.2 cm³/mol. The van der Waals surface area contributed by atoms with Gasteiger partial charge in [0.2, 0.25) is 0 Å². The van der Waals surface area contributed by atoms with Gasteiger partial charge in [0.1, 0.15) is 23.6 Å². The molecule has 0 N–H and O–H groups in total. The monoisotopic (exact) mass is 283 g/mol. The van der Waals surface area contributed by atoms with E-state index in [4.69, 9.17) is 4.74 Å². The van der Waals surface area contributed by atoms with Gasteiger partial charge in [-0.15, -0.1) is 0 Å². The largest absolute Gasteiger partial charge is 0.376 e. The first-order valence-corrected chi connectivity index (χ1v) is 6.96. The summed E-state index contributed by atoms with van der Waals surface area (Å²) in [6.45, 7) is 3.76. The van der Waals surface area contributed by atoms with Crippen LogP contribution in [0.15, 0.2) is 12.1 Å². The number of carbonyl (C=O) groups excluding carboxylic acids is 1. The minimum atomic E-state index is -0.691. The number of benzene rings is 1. The Balaban J connectivity index is 2.16. The van der Waals surface area contributed by atoms with Gasteiger partial charge >= 0.3 is 0 Å². The van der Waals surface area contributed by atoms with Crippen LogP contribution >= 0.6 is 0 Å². The summed E-state index contributed by atoms with van der Waals surface area (Å²) in [5.74, 6) is -1.38. The van der Waals surface area contributed by atoms with Gasteiger partial charge in [0.15, 0.2) is 0 Å². The molecule has 0 amide bonds. The molecule has 0 aromatic heterocycles. The van der Waals surface area contributed by atoms with Crippen molar-refractivity contribution in [2.24, 2.45) is 0 Å². The van der Waals surface area contributed by atoms with E-state index in [9.17, 15) is 13.6 Å². The van der Waals surface area contributed by atoms with Crippen LogP contribution in [-0.4, -0.2) is 32.1 Å². The molecule has 3 nitrogen and oxygen atoms in total. The van der Waals surface area contributed by atoms with Crippen molar-refractivity contribution in [1.82, 2.24) is 0 Å². The van der Waals surface area contributed by atoms with Gasteiger partial charge in [0, 0.05) is 25.3 Å². The zero-order valence-corrected chi connectivity index (χ0v) is 11.6. The number of hydrogen-bond acceptors (Lipinski definition) is 3. The van der Waals surface area contributed by atoms with E-state index in [0.717, 1.165) is 31.4 Å². The van der Waals surface area contributed by atoms with Gasteiger partial charge in [-0.3, -0.25) is 4.79 Å². The minimum Gasteiger partial charge on any atom is -0.376 e. The van der Waals surface area contributed by atoms with Crippen LogP contribution in [-0.2, 0) is 4.74 Å². The molecule has 2 rings (SSSR count). The molecule has 1 saturated heterocycles. The van der Waals surface area contributed by atoms with Crippen molar-refractivity contribution >= 4 is 12.0 Å². The average Bonchev–Trinajstić information content (AvgIpc) is 2.44. The molecule has 1 aliphatic heterocycles. The molecule has 1 aliphatic rings. The highest BCUT2D eigenvalue weighted by molar-refractivity contribution is 5.76. The minimum absolute atomic E-state index is 0.00764. The van der Waals surface area contributed by atoms with E-state index in [1.54, 1.807) is 4.90 Å². The van der Waals surface area contributed by atoms with E-state index < -0.39 is 11.6 Å². The molecule has 0 spiro atoms. The molecule has 0 bridgehead atoms. The fourth-order valence-electron chi connectivity index (χ4n) is 2.52. The Labute approximate surface area is 117 Å². The summed E-state index contributed by atoms with van der Waals surface area (Å²) < 4.78 is 33.6. The van der Waals surface area contributed by atoms with Crippen LogP contribution in [0.1, 0.15) is 36.5 Å². The summed E-state index contributed by atoms with van der Waals surface area (Å²) in [5.41, 5.74) is -0.0417. The van der Waals surface area contributed by atoms with Crippen molar-refractivity contribution < 1.29 is 18.3 Å². The third kappa shape index (κ3) is 3.33. The van der Waals surface area contributed by atoms with E-state index in [-0.39, 0.29) is 17.4 Å². The lowest BCUT2D eigenvalue weighted by Gasteiger charge is -2.34. The molecule has 0 radical (unpaired) electrons. The standard InChI is InChI=1S/C15H19F2NO2/c1-2-6-20-12-4-3-5-18(9-12)15-13(16)7-11(10-19)8-14(15)17/h7-8,10,12H,2-6,9H2,1H3. The Hall–Kier alpha value is -1.49. The van der Waals surface area contributed by atoms with Crippen LogP contribution in [0.2, 0.25) is 0 Å². The van der Waals surface area contributed by atoms with E-state index in [1.807, 2.05) is 6.92 Å². The Morgan fingerprint density at radius 3 is 2.70 bits per heavy atom. The Bertz CT molecular complexity index is 456. The van der Waals surface area contributed by atoms with Crippen LogP contribution < -0.4 is 4.90 Å². The maximum atomic E-state index is 14.0. The topological polar surface area (TPSA) is 29.5 Å². The third-order valence-corrected chi connectivity index (χ3v) is 3.43. The van der Waals surface area contributed by atoms with Crippen molar-refractivity contribution in [3.05, 3.63) is 29.3 Å². The molecular weight excluding hydrogens is 264 g/mol. The van der Waals surface area contributed by atoms with Gasteiger partial charge in [-0.2, -0.15) is 0 Å². The van der Waals surface area contributed by atoms with Gasteiger partial charge in [-0.05, 0) is 31.4 Å². The van der Waals surface area contributed by atoms with Crippen LogP contribution in [0.25, 0.3) is 0 Å². The van der Waals surface area contributed by atoms with Gasteiger partial charge in [-0.25, -0.2) is 8.78 Å². The number of hydrogen-bond donors (Lipinski definition) is 0. The van der Waals surface area contributed by atoms with Gasteiger partial charge in [-0.1, -0.05) is 6.92 Å². The third-order valence-electron chi connectivity index (χ3n) is 3.43. The summed E-state index contributed by atoms with van der Waals surface area (Å²) in [6.07, 6.45) is 3.12. The molecule has 0 aliphatic carbocycles. The number of rotatable bonds is 5. The molecule has 1 atom stereocenters. The molecule has 5 heteroatoms. The summed E-state index contributed by atoms with van der Waals surface area (Å²) in [7, 11) is 0. The lowest BCUT2D eigenvalue weighted by molar-refractivity contribution is 0.0438. The number of ether oxygens (including phenoxy) is 1. The Morgan fingerprint density at radius 1 is 1.40 bits per heavy atom. The molecular formula is C15H19F2NO2. The van der Waals surface area contributed by atoms with Crippen molar-refractivity contribution in [1.29, 1.82) is 0 Å². The summed E-state index contributed by atoms with van der Waals surface area (Å²) >= 11 is 0. The van der Waals surface area contributed by atoms with Crippen LogP contribution in [0.5, 0.6) is 0 Å². The second-order valence-electron chi connectivity index (χ2n) is 5.03. The zero-order valence-electron chi connectivity index (χ0n) is 11.6. The summed E-state index contributed by atoms with van der Waals surface area (Å²) in [4.78, 5) is 12.3. The van der Waals surface area contributed by atoms with Gasteiger partial charge in [0.05, 0.1) is 6.10 Å². The first-order valence-electron chi connectivity index (χ1n) is 6.96. The molecule has 0 saturated carbocycles. The lowest BCUT2D eigenvalue weighted by Crippen LogP contribution is -2.40. The number of nitrogens with zero attached hydrogens (tertiary/aromatic N) is 1. The fourth-order valence-corrected chi connectivity index (χ4v) is 2.52. The average molecular weight is 283 g/mol. The maximum absolute atomic E-state index is 14.0. The Morgan fingerprint density at radius 2 is 2.10 bits per heavy atom. The smallest absolute Gasteiger partial charge is 0.150 e. The number of carbonyl (C=O) groups is 1. The van der Waals surface area contributed by atoms with Crippen LogP contribution in [0.4, 0.5) is 14.5 Å². The van der Waals surface area contributed by atoms with Crippen LogP contribution in [0.3, 0.4) is 0 Å². The molecule has 1 heterocycles. The fraction of sp³-hybridized carbons (Fsp3) is 0.533. The Kier molecular flexibility index (Phi) is 5.06. The van der Waals surface area contributed by atoms with E-state index in [2.05, 4.69) is 0 Å². The van der Waals surface area contributed by atoms with Crippen LogP contribution in [0, 0.1) is 11.6 Å². The number of halogens is 2. The molecule has 1 aromatic carbocycles. The zero-order chi connectivity index (χ0) is 14.5. The van der Waals surface area contributed by atoms with E-state index in [0.29, 0.717) is 26.0 Å². The first-order chi connectivity index (χ1) is 9.65. The molecule has 1 unspecified atom stereocenters. The maximum Gasteiger partial charge on any atom is 0.150 e. The highest BCUT2D eigenvalue weighted by Gasteiger charge is 2.25. The highest BCUT2D eigenvalue weighted by atomic mass is 19.1. The van der Waals surface area contributed by atoms with Gasteiger partial charge in [0.25, 0.3) is 0 Å². The van der Waals surface area contributed by atoms with Crippen molar-refractivity contribution in [2.75, 3.05) is 24.6 Å². The van der Waals surface area contributed by atoms with Crippen molar-refractivity contribution in [2.45, 2.75) is 32.3 Å². The highest BCUT2D eigenvalue weighted by Crippen LogP contribution is 2.28. The summed E-state index contributed by atoms with van der Waals surface area (Å²) in [6, 6.07) is 2.14. The van der Waals surface area contributed by atoms with E-state index in [1.165, 1.54) is 0 Å². The van der Waals surface area contributed by atoms with Crippen molar-refractivity contribution in [3.63, 3.8) is 0 Å². The number of anilines is 1. The van der Waals surface area contributed by atoms with Gasteiger partial charge < -0.3 is 9.64 Å². The number of piperidine rings is 1. The predicted octanol–water partition coefficient (Wildman–Crippen LogP) is 3.17. The number of aldehydes is 1. The quantitative estimate of drug-likeness (QED) is 0.777.